The fourth-order valence-corrected chi connectivity index (χ4v) is 3.39. The maximum absolute atomic E-state index is 12.3. The molecular weight excluding hydrogens is 300 g/mol. The minimum absolute atomic E-state index is 0.00202. The van der Waals surface area contributed by atoms with Gasteiger partial charge in [-0.25, -0.2) is 0 Å². The lowest BCUT2D eigenvalue weighted by molar-refractivity contribution is -0.387. The number of carbonyl (C=O) groups is 1. The van der Waals surface area contributed by atoms with Crippen molar-refractivity contribution in [3.05, 3.63) is 33.9 Å². The van der Waals surface area contributed by atoms with Crippen LogP contribution in [0.4, 0.5) is 5.69 Å². The number of carbonyl (C=O) groups excluding carboxylic acids is 1. The summed E-state index contributed by atoms with van der Waals surface area (Å²) in [5.74, 6) is -0.207. The molecular formula is C16H22N2O3S. The number of nitro groups is 1. The summed E-state index contributed by atoms with van der Waals surface area (Å²) < 4.78 is 0. The topological polar surface area (TPSA) is 72.2 Å². The minimum Gasteiger partial charge on any atom is -0.349 e. The third kappa shape index (κ3) is 4.47. The van der Waals surface area contributed by atoms with Crippen LogP contribution in [-0.2, 0) is 0 Å². The highest BCUT2D eigenvalue weighted by Crippen LogP contribution is 2.28. The fraction of sp³-hybridized carbons (Fsp3) is 0.562. The highest BCUT2D eigenvalue weighted by Gasteiger charge is 2.19. The van der Waals surface area contributed by atoms with E-state index in [0.717, 1.165) is 25.7 Å². The zero-order chi connectivity index (χ0) is 15.9. The lowest BCUT2D eigenvalue weighted by Gasteiger charge is -2.21. The van der Waals surface area contributed by atoms with Crippen LogP contribution in [0.15, 0.2) is 23.1 Å². The molecule has 1 N–H and O–H groups in total. The standard InChI is InChI=1S/C16H22N2O3S/c1-22-15-10-9-12(11-14(15)18(20)21)16(19)17-13-7-5-3-2-4-6-8-13/h9-11,13H,2-8H2,1H3,(H,17,19). The lowest BCUT2D eigenvalue weighted by Crippen LogP contribution is -2.35. The van der Waals surface area contributed by atoms with E-state index >= 15 is 0 Å². The van der Waals surface area contributed by atoms with E-state index in [1.807, 2.05) is 0 Å². The van der Waals surface area contributed by atoms with Crippen LogP contribution < -0.4 is 5.32 Å². The van der Waals surface area contributed by atoms with Gasteiger partial charge >= 0.3 is 0 Å². The SMILES string of the molecule is CSc1ccc(C(=O)NC2CCCCCCC2)cc1[N+](=O)[O-]. The van der Waals surface area contributed by atoms with Crippen LogP contribution in [0.3, 0.4) is 0 Å². The Morgan fingerprint density at radius 1 is 1.23 bits per heavy atom. The van der Waals surface area contributed by atoms with Crippen molar-refractivity contribution in [2.24, 2.45) is 0 Å². The molecule has 0 aliphatic heterocycles. The summed E-state index contributed by atoms with van der Waals surface area (Å²) in [6, 6.07) is 4.88. The van der Waals surface area contributed by atoms with Gasteiger partial charge in [-0.05, 0) is 31.2 Å². The zero-order valence-corrected chi connectivity index (χ0v) is 13.7. The quantitative estimate of drug-likeness (QED) is 0.513. The number of nitrogens with zero attached hydrogens (tertiary/aromatic N) is 1. The molecule has 1 saturated carbocycles. The van der Waals surface area contributed by atoms with Crippen LogP contribution in [0.25, 0.3) is 0 Å². The molecule has 0 spiro atoms. The van der Waals surface area contributed by atoms with Crippen molar-refractivity contribution >= 4 is 23.4 Å². The van der Waals surface area contributed by atoms with Crippen molar-refractivity contribution in [1.82, 2.24) is 5.32 Å². The molecule has 2 rings (SSSR count). The van der Waals surface area contributed by atoms with Crippen LogP contribution in [0.5, 0.6) is 0 Å². The maximum atomic E-state index is 12.3. The predicted molar refractivity (Wildman–Crippen MR) is 88.5 cm³/mol. The number of rotatable bonds is 4. The second kappa shape index (κ2) is 8.17. The Labute approximate surface area is 135 Å². The third-order valence-electron chi connectivity index (χ3n) is 4.08. The Morgan fingerprint density at radius 2 is 1.86 bits per heavy atom. The summed E-state index contributed by atoms with van der Waals surface area (Å²) in [5.41, 5.74) is 0.365. The Hall–Kier alpha value is -1.56. The van der Waals surface area contributed by atoms with Crippen molar-refractivity contribution in [1.29, 1.82) is 0 Å². The van der Waals surface area contributed by atoms with Crippen molar-refractivity contribution in [2.75, 3.05) is 6.26 Å². The number of nitrogens with one attached hydrogen (secondary N) is 1. The summed E-state index contributed by atoms with van der Waals surface area (Å²) >= 11 is 1.31. The Kier molecular flexibility index (Phi) is 6.24. The van der Waals surface area contributed by atoms with Crippen LogP contribution in [0.2, 0.25) is 0 Å². The zero-order valence-electron chi connectivity index (χ0n) is 12.8. The normalized spacial score (nSPS) is 16.6. The Morgan fingerprint density at radius 3 is 2.45 bits per heavy atom. The fourth-order valence-electron chi connectivity index (χ4n) is 2.84. The number of hydrogen-bond donors (Lipinski definition) is 1. The highest BCUT2D eigenvalue weighted by atomic mass is 32.2. The van der Waals surface area contributed by atoms with Gasteiger partial charge in [0.05, 0.1) is 9.82 Å². The molecule has 6 heteroatoms. The molecule has 0 saturated heterocycles. The molecule has 0 heterocycles. The molecule has 1 aromatic rings. The van der Waals surface area contributed by atoms with Crippen molar-refractivity contribution in [3.63, 3.8) is 0 Å². The summed E-state index contributed by atoms with van der Waals surface area (Å²) in [7, 11) is 0. The summed E-state index contributed by atoms with van der Waals surface area (Å²) in [6.45, 7) is 0. The predicted octanol–water partition coefficient (Wildman–Crippen LogP) is 4.16. The number of hydrogen-bond acceptors (Lipinski definition) is 4. The van der Waals surface area contributed by atoms with E-state index in [-0.39, 0.29) is 17.6 Å². The Balaban J connectivity index is 2.08. The second-order valence-corrected chi connectivity index (χ2v) is 6.51. The van der Waals surface area contributed by atoms with Gasteiger partial charge in [-0.3, -0.25) is 14.9 Å². The molecule has 22 heavy (non-hydrogen) atoms. The molecule has 1 fully saturated rings. The third-order valence-corrected chi connectivity index (χ3v) is 4.86. The number of thioether (sulfide) groups is 1. The number of nitro benzene ring substituents is 1. The first-order valence-electron chi connectivity index (χ1n) is 7.75. The summed E-state index contributed by atoms with van der Waals surface area (Å²) in [4.78, 5) is 23.6. The van der Waals surface area contributed by atoms with Crippen LogP contribution in [-0.4, -0.2) is 23.1 Å². The molecule has 0 unspecified atom stereocenters. The van der Waals surface area contributed by atoms with Crippen molar-refractivity contribution in [3.8, 4) is 0 Å². The average molecular weight is 322 g/mol. The van der Waals surface area contributed by atoms with E-state index in [2.05, 4.69) is 5.32 Å². The molecule has 120 valence electrons. The van der Waals surface area contributed by atoms with E-state index < -0.39 is 4.92 Å². The van der Waals surface area contributed by atoms with E-state index in [4.69, 9.17) is 0 Å². The van der Waals surface area contributed by atoms with Crippen LogP contribution in [0, 0.1) is 10.1 Å². The van der Waals surface area contributed by atoms with Gasteiger partial charge in [0, 0.05) is 17.7 Å². The Bertz CT molecular complexity index is 540. The van der Waals surface area contributed by atoms with Gasteiger partial charge in [0.25, 0.3) is 11.6 Å². The summed E-state index contributed by atoms with van der Waals surface area (Å²) in [6.07, 6.45) is 9.78. The lowest BCUT2D eigenvalue weighted by atomic mass is 9.96. The van der Waals surface area contributed by atoms with E-state index in [0.29, 0.717) is 10.5 Å². The van der Waals surface area contributed by atoms with Gasteiger partial charge in [0.1, 0.15) is 0 Å². The maximum Gasteiger partial charge on any atom is 0.283 e. The van der Waals surface area contributed by atoms with Crippen molar-refractivity contribution < 1.29 is 9.72 Å². The summed E-state index contributed by atoms with van der Waals surface area (Å²) in [5, 5.41) is 14.1. The van der Waals surface area contributed by atoms with E-state index in [9.17, 15) is 14.9 Å². The molecule has 1 amide bonds. The van der Waals surface area contributed by atoms with Gasteiger partial charge in [-0.15, -0.1) is 11.8 Å². The molecule has 1 aliphatic carbocycles. The molecule has 0 atom stereocenters. The second-order valence-electron chi connectivity index (χ2n) is 5.66. The largest absolute Gasteiger partial charge is 0.349 e. The van der Waals surface area contributed by atoms with Crippen LogP contribution in [0.1, 0.15) is 55.3 Å². The van der Waals surface area contributed by atoms with Crippen molar-refractivity contribution in [2.45, 2.75) is 55.9 Å². The first-order chi connectivity index (χ1) is 10.6. The first kappa shape index (κ1) is 16.8. The van der Waals surface area contributed by atoms with Gasteiger partial charge < -0.3 is 5.32 Å². The molecule has 1 aromatic carbocycles. The monoisotopic (exact) mass is 322 g/mol. The average Bonchev–Trinajstić information content (AvgIpc) is 2.49. The first-order valence-corrected chi connectivity index (χ1v) is 8.97. The van der Waals surface area contributed by atoms with E-state index in [1.165, 1.54) is 37.1 Å². The van der Waals surface area contributed by atoms with Gasteiger partial charge in [0.15, 0.2) is 0 Å². The van der Waals surface area contributed by atoms with Gasteiger partial charge in [0.2, 0.25) is 0 Å². The van der Waals surface area contributed by atoms with E-state index in [1.54, 1.807) is 18.4 Å². The molecule has 1 aliphatic rings. The molecule has 0 radical (unpaired) electrons. The minimum atomic E-state index is -0.432. The highest BCUT2D eigenvalue weighted by molar-refractivity contribution is 7.98. The molecule has 0 bridgehead atoms. The smallest absolute Gasteiger partial charge is 0.283 e. The number of benzene rings is 1. The molecule has 0 aromatic heterocycles. The molecule has 5 nitrogen and oxygen atoms in total. The van der Waals surface area contributed by atoms with Gasteiger partial charge in [-0.1, -0.05) is 32.1 Å². The van der Waals surface area contributed by atoms with Gasteiger partial charge in [-0.2, -0.15) is 0 Å². The number of amides is 1. The van der Waals surface area contributed by atoms with Crippen LogP contribution >= 0.6 is 11.8 Å².